The van der Waals surface area contributed by atoms with Gasteiger partial charge in [0, 0.05) is 6.20 Å². The maximum Gasteiger partial charge on any atom is 0.277 e. The molecular weight excluding hydrogens is 288 g/mol. The summed E-state index contributed by atoms with van der Waals surface area (Å²) in [4.78, 5) is 16.1. The Morgan fingerprint density at radius 2 is 2.00 bits per heavy atom. The number of rotatable bonds is 4. The van der Waals surface area contributed by atoms with E-state index in [9.17, 15) is 4.79 Å². The second-order valence-electron chi connectivity index (χ2n) is 4.02. The van der Waals surface area contributed by atoms with Crippen LogP contribution in [0.1, 0.15) is 10.5 Å². The first-order valence-electron chi connectivity index (χ1n) is 6.10. The van der Waals surface area contributed by atoms with Crippen LogP contribution < -0.4 is 10.1 Å². The van der Waals surface area contributed by atoms with Gasteiger partial charge >= 0.3 is 0 Å². The number of carbonyl (C=O) groups excluding carboxylic acids is 1. The number of para-hydroxylation sites is 1. The van der Waals surface area contributed by atoms with Gasteiger partial charge in [-0.1, -0.05) is 18.2 Å². The van der Waals surface area contributed by atoms with Crippen LogP contribution in [0.2, 0.25) is 0 Å². The zero-order valence-corrected chi connectivity index (χ0v) is 11.6. The van der Waals surface area contributed by atoms with Gasteiger partial charge in [-0.25, -0.2) is 4.98 Å². The van der Waals surface area contributed by atoms with E-state index in [0.717, 1.165) is 11.7 Å². The van der Waals surface area contributed by atoms with E-state index < -0.39 is 0 Å². The van der Waals surface area contributed by atoms with Gasteiger partial charge in [-0.2, -0.15) is 8.75 Å². The van der Waals surface area contributed by atoms with Gasteiger partial charge in [0.05, 0.1) is 17.9 Å². The smallest absolute Gasteiger partial charge is 0.277 e. The molecule has 3 aromatic rings. The normalized spacial score (nSPS) is 10.1. The highest BCUT2D eigenvalue weighted by Gasteiger charge is 2.13. The number of ether oxygens (including phenoxy) is 1. The van der Waals surface area contributed by atoms with Gasteiger partial charge < -0.3 is 10.1 Å². The van der Waals surface area contributed by atoms with Gasteiger partial charge in [0.1, 0.15) is 11.4 Å². The second-order valence-corrected chi connectivity index (χ2v) is 4.57. The van der Waals surface area contributed by atoms with E-state index in [2.05, 4.69) is 19.0 Å². The molecule has 6 nitrogen and oxygen atoms in total. The molecule has 0 bridgehead atoms. The number of carbonyl (C=O) groups is 1. The van der Waals surface area contributed by atoms with Crippen molar-refractivity contribution < 1.29 is 9.53 Å². The molecule has 0 spiro atoms. The first kappa shape index (κ1) is 13.2. The second kappa shape index (κ2) is 6.10. The van der Waals surface area contributed by atoms with Crippen molar-refractivity contribution in [1.82, 2.24) is 13.7 Å². The van der Waals surface area contributed by atoms with Gasteiger partial charge in [-0.15, -0.1) is 0 Å². The fourth-order valence-electron chi connectivity index (χ4n) is 1.62. The molecule has 1 aromatic carbocycles. The van der Waals surface area contributed by atoms with E-state index in [0.29, 0.717) is 17.3 Å². The summed E-state index contributed by atoms with van der Waals surface area (Å²) in [5.74, 6) is 0.608. The van der Waals surface area contributed by atoms with E-state index in [1.54, 1.807) is 18.3 Å². The van der Waals surface area contributed by atoms with Gasteiger partial charge in [0.15, 0.2) is 5.69 Å². The summed E-state index contributed by atoms with van der Waals surface area (Å²) in [5, 5.41) is 2.71. The summed E-state index contributed by atoms with van der Waals surface area (Å²) in [6, 6.07) is 12.7. The molecule has 0 aliphatic rings. The van der Waals surface area contributed by atoms with Crippen LogP contribution in [0.15, 0.2) is 54.9 Å². The molecule has 0 atom stereocenters. The van der Waals surface area contributed by atoms with Crippen LogP contribution in [0.3, 0.4) is 0 Å². The van der Waals surface area contributed by atoms with Crippen molar-refractivity contribution >= 4 is 23.3 Å². The molecule has 104 valence electrons. The summed E-state index contributed by atoms with van der Waals surface area (Å²) in [7, 11) is 0. The Balaban J connectivity index is 1.81. The van der Waals surface area contributed by atoms with E-state index >= 15 is 0 Å². The minimum Gasteiger partial charge on any atom is -0.437 e. The third-order valence-corrected chi connectivity index (χ3v) is 3.05. The van der Waals surface area contributed by atoms with E-state index in [1.807, 2.05) is 30.3 Å². The Morgan fingerprint density at radius 1 is 1.14 bits per heavy atom. The third kappa shape index (κ3) is 3.21. The van der Waals surface area contributed by atoms with Crippen molar-refractivity contribution in [2.45, 2.75) is 0 Å². The van der Waals surface area contributed by atoms with Gasteiger partial charge in [-0.05, 0) is 24.3 Å². The fourth-order valence-corrected chi connectivity index (χ4v) is 2.03. The van der Waals surface area contributed by atoms with Gasteiger partial charge in [-0.3, -0.25) is 4.79 Å². The largest absolute Gasteiger partial charge is 0.437 e. The molecule has 1 amide bonds. The number of hydrogen-bond acceptors (Lipinski definition) is 6. The lowest BCUT2D eigenvalue weighted by Crippen LogP contribution is -2.13. The van der Waals surface area contributed by atoms with E-state index in [4.69, 9.17) is 4.74 Å². The number of aromatic nitrogens is 3. The molecule has 0 aliphatic heterocycles. The predicted octanol–water partition coefficient (Wildman–Crippen LogP) is 2.98. The lowest BCUT2D eigenvalue weighted by molar-refractivity contribution is 0.102. The summed E-state index contributed by atoms with van der Waals surface area (Å²) in [6.45, 7) is 0. The van der Waals surface area contributed by atoms with Crippen molar-refractivity contribution in [3.8, 4) is 11.6 Å². The standard InChI is InChI=1S/C14H10N4O2S/c19-13(12-9-16-21-18-12)17-11-7-4-8-15-14(11)20-10-5-2-1-3-6-10/h1-9H,(H,17,19). The highest BCUT2D eigenvalue weighted by molar-refractivity contribution is 6.99. The van der Waals surface area contributed by atoms with Crippen LogP contribution >= 0.6 is 11.7 Å². The van der Waals surface area contributed by atoms with Crippen LogP contribution in [0.5, 0.6) is 11.6 Å². The molecule has 2 heterocycles. The highest BCUT2D eigenvalue weighted by atomic mass is 32.1. The molecule has 7 heteroatoms. The van der Waals surface area contributed by atoms with Crippen LogP contribution in [-0.4, -0.2) is 19.6 Å². The Hall–Kier alpha value is -2.80. The summed E-state index contributed by atoms with van der Waals surface area (Å²) in [5.41, 5.74) is 0.730. The van der Waals surface area contributed by atoms with Gasteiger partial charge in [0.2, 0.25) is 5.88 Å². The molecule has 0 radical (unpaired) electrons. The van der Waals surface area contributed by atoms with Gasteiger partial charge in [0.25, 0.3) is 5.91 Å². The average Bonchev–Trinajstić information content (AvgIpc) is 3.05. The maximum atomic E-state index is 12.0. The maximum absolute atomic E-state index is 12.0. The number of anilines is 1. The summed E-state index contributed by atoms with van der Waals surface area (Å²) in [6.07, 6.45) is 3.01. The molecule has 3 rings (SSSR count). The third-order valence-electron chi connectivity index (χ3n) is 2.57. The zero-order valence-electron chi connectivity index (χ0n) is 10.8. The van der Waals surface area contributed by atoms with Crippen molar-refractivity contribution in [2.24, 2.45) is 0 Å². The first-order valence-corrected chi connectivity index (χ1v) is 6.83. The topological polar surface area (TPSA) is 77.0 Å². The Kier molecular flexibility index (Phi) is 3.83. The number of benzene rings is 1. The minimum absolute atomic E-state index is 0.259. The number of nitrogens with one attached hydrogen (secondary N) is 1. The Bertz CT molecular complexity index is 732. The molecule has 1 N–H and O–H groups in total. The van der Waals surface area contributed by atoms with Crippen LogP contribution in [-0.2, 0) is 0 Å². The lowest BCUT2D eigenvalue weighted by Gasteiger charge is -2.10. The monoisotopic (exact) mass is 298 g/mol. The molecule has 0 aliphatic carbocycles. The first-order chi connectivity index (χ1) is 10.3. The molecular formula is C14H10N4O2S. The Morgan fingerprint density at radius 3 is 2.76 bits per heavy atom. The lowest BCUT2D eigenvalue weighted by atomic mass is 10.3. The highest BCUT2D eigenvalue weighted by Crippen LogP contribution is 2.26. The van der Waals surface area contributed by atoms with E-state index in [1.165, 1.54) is 6.20 Å². The van der Waals surface area contributed by atoms with Crippen LogP contribution in [0.25, 0.3) is 0 Å². The molecule has 0 fully saturated rings. The molecule has 0 saturated heterocycles. The number of hydrogen-bond donors (Lipinski definition) is 1. The van der Waals surface area contributed by atoms with Crippen LogP contribution in [0, 0.1) is 0 Å². The molecule has 2 aromatic heterocycles. The van der Waals surface area contributed by atoms with E-state index in [-0.39, 0.29) is 11.6 Å². The van der Waals surface area contributed by atoms with Crippen molar-refractivity contribution in [3.05, 3.63) is 60.6 Å². The number of pyridine rings is 1. The number of nitrogens with zero attached hydrogens (tertiary/aromatic N) is 3. The number of amides is 1. The predicted molar refractivity (Wildman–Crippen MR) is 78.6 cm³/mol. The van der Waals surface area contributed by atoms with Crippen LogP contribution in [0.4, 0.5) is 5.69 Å². The fraction of sp³-hybridized carbons (Fsp3) is 0. The Labute approximate surface area is 124 Å². The zero-order chi connectivity index (χ0) is 14.5. The molecule has 21 heavy (non-hydrogen) atoms. The quantitative estimate of drug-likeness (QED) is 0.801. The van der Waals surface area contributed by atoms with Crippen molar-refractivity contribution in [2.75, 3.05) is 5.32 Å². The average molecular weight is 298 g/mol. The molecule has 0 unspecified atom stereocenters. The van der Waals surface area contributed by atoms with Crippen molar-refractivity contribution in [1.29, 1.82) is 0 Å². The SMILES string of the molecule is O=C(Nc1cccnc1Oc1ccccc1)c1cnsn1. The summed E-state index contributed by atoms with van der Waals surface area (Å²) >= 11 is 0.978. The molecule has 0 saturated carbocycles. The summed E-state index contributed by atoms with van der Waals surface area (Å²) < 4.78 is 13.3. The van der Waals surface area contributed by atoms with Crippen molar-refractivity contribution in [3.63, 3.8) is 0 Å². The minimum atomic E-state index is -0.352.